The summed E-state index contributed by atoms with van der Waals surface area (Å²) in [5.74, 6) is 0.698. The molecule has 2 rings (SSSR count). The van der Waals surface area contributed by atoms with Crippen LogP contribution in [0.25, 0.3) is 11.2 Å². The third kappa shape index (κ3) is 3.25. The van der Waals surface area contributed by atoms with Crippen molar-refractivity contribution in [3.63, 3.8) is 0 Å². The summed E-state index contributed by atoms with van der Waals surface area (Å²) in [6.07, 6.45) is 1.22. The van der Waals surface area contributed by atoms with Gasteiger partial charge in [-0.3, -0.25) is 0 Å². The van der Waals surface area contributed by atoms with Crippen LogP contribution in [0.1, 0.15) is 23.8 Å². The second kappa shape index (κ2) is 5.09. The second-order valence-corrected chi connectivity index (χ2v) is 7.58. The molecule has 19 heavy (non-hydrogen) atoms. The van der Waals surface area contributed by atoms with Gasteiger partial charge in [-0.2, -0.15) is 0 Å². The van der Waals surface area contributed by atoms with Crippen molar-refractivity contribution in [1.82, 2.24) is 14.5 Å². The molecule has 0 bridgehead atoms. The first-order valence-electron chi connectivity index (χ1n) is 5.93. The van der Waals surface area contributed by atoms with E-state index in [0.717, 1.165) is 11.2 Å². The molecule has 0 aliphatic rings. The molecule has 0 fully saturated rings. The largest absolute Gasteiger partial charge is 0.310 e. The number of imidazole rings is 1. The van der Waals surface area contributed by atoms with Crippen LogP contribution in [0.2, 0.25) is 0 Å². The van der Waals surface area contributed by atoms with E-state index in [1.165, 1.54) is 6.26 Å². The van der Waals surface area contributed by atoms with Crippen LogP contribution < -0.4 is 0 Å². The van der Waals surface area contributed by atoms with Crippen LogP contribution in [0.4, 0.5) is 0 Å². The highest BCUT2D eigenvalue weighted by Gasteiger charge is 2.17. The number of fused-ring (bicyclic) bond motifs is 1. The molecular weight excluding hydrogens is 286 g/mol. The monoisotopic (exact) mass is 301 g/mol. The second-order valence-electron chi connectivity index (χ2n) is 4.66. The Morgan fingerprint density at radius 1 is 1.37 bits per heavy atom. The van der Waals surface area contributed by atoms with Crippen molar-refractivity contribution in [1.29, 1.82) is 0 Å². The average molecular weight is 302 g/mol. The number of rotatable bonds is 4. The molecule has 1 atom stereocenters. The topological polar surface area (TPSA) is 64.8 Å². The van der Waals surface area contributed by atoms with Crippen LogP contribution in [0.15, 0.2) is 12.1 Å². The molecule has 0 N–H and O–H groups in total. The highest BCUT2D eigenvalue weighted by Crippen LogP contribution is 2.23. The molecular formula is C12H16ClN3O2S. The van der Waals surface area contributed by atoms with Crippen LogP contribution in [0.5, 0.6) is 0 Å². The van der Waals surface area contributed by atoms with E-state index >= 15 is 0 Å². The van der Waals surface area contributed by atoms with Crippen LogP contribution in [-0.2, 0) is 16.4 Å². The van der Waals surface area contributed by atoms with Crippen LogP contribution >= 0.6 is 11.6 Å². The van der Waals surface area contributed by atoms with Gasteiger partial charge in [0.05, 0.1) is 11.1 Å². The molecule has 1 unspecified atom stereocenters. The van der Waals surface area contributed by atoms with Gasteiger partial charge in [-0.1, -0.05) is 0 Å². The molecule has 0 amide bonds. The minimum atomic E-state index is -3.04. The highest BCUT2D eigenvalue weighted by molar-refractivity contribution is 7.90. The lowest BCUT2D eigenvalue weighted by Gasteiger charge is -2.09. The first-order chi connectivity index (χ1) is 8.78. The Labute approximate surface area is 117 Å². The van der Waals surface area contributed by atoms with Crippen molar-refractivity contribution >= 4 is 32.6 Å². The van der Waals surface area contributed by atoms with Crippen molar-refractivity contribution in [2.45, 2.75) is 25.8 Å². The average Bonchev–Trinajstić information content (AvgIpc) is 2.63. The van der Waals surface area contributed by atoms with E-state index in [1.54, 1.807) is 4.57 Å². The smallest absolute Gasteiger partial charge is 0.160 e. The van der Waals surface area contributed by atoms with Gasteiger partial charge in [-0.05, 0) is 26.0 Å². The van der Waals surface area contributed by atoms with Crippen molar-refractivity contribution in [2.24, 2.45) is 0 Å². The third-order valence-electron chi connectivity index (χ3n) is 2.80. The Kier molecular flexibility index (Phi) is 3.82. The fourth-order valence-electron chi connectivity index (χ4n) is 1.90. The minimum absolute atomic E-state index is 0.0463. The Hall–Kier alpha value is -1.14. The van der Waals surface area contributed by atoms with Gasteiger partial charge < -0.3 is 4.57 Å². The predicted molar refractivity (Wildman–Crippen MR) is 76.2 cm³/mol. The van der Waals surface area contributed by atoms with Gasteiger partial charge in [0.2, 0.25) is 0 Å². The molecule has 5 nitrogen and oxygen atoms in total. The van der Waals surface area contributed by atoms with E-state index in [-0.39, 0.29) is 11.1 Å². The maximum absolute atomic E-state index is 11.3. The van der Waals surface area contributed by atoms with E-state index < -0.39 is 9.84 Å². The molecule has 0 radical (unpaired) electrons. The van der Waals surface area contributed by atoms with Gasteiger partial charge in [-0.25, -0.2) is 18.4 Å². The number of pyridine rings is 1. The van der Waals surface area contributed by atoms with Gasteiger partial charge in [0.15, 0.2) is 5.65 Å². The van der Waals surface area contributed by atoms with Gasteiger partial charge in [0.1, 0.15) is 21.2 Å². The number of nitrogens with zero attached hydrogens (tertiary/aromatic N) is 3. The SMILES string of the molecule is Cc1ccc2nc(C(C)Cl)n(CCS(C)(=O)=O)c2n1. The zero-order valence-electron chi connectivity index (χ0n) is 11.1. The van der Waals surface area contributed by atoms with E-state index in [1.807, 2.05) is 26.0 Å². The molecule has 0 aliphatic heterocycles. The maximum Gasteiger partial charge on any atom is 0.160 e. The van der Waals surface area contributed by atoms with E-state index in [0.29, 0.717) is 18.0 Å². The Bertz CT molecular complexity index is 707. The van der Waals surface area contributed by atoms with Crippen LogP contribution in [0.3, 0.4) is 0 Å². The number of hydrogen-bond donors (Lipinski definition) is 0. The number of aryl methyl sites for hydroxylation is 2. The summed E-state index contributed by atoms with van der Waals surface area (Å²) in [6, 6.07) is 3.75. The number of aromatic nitrogens is 3. The summed E-state index contributed by atoms with van der Waals surface area (Å²) in [4.78, 5) is 8.85. The number of sulfone groups is 1. The molecule has 2 heterocycles. The molecule has 0 saturated heterocycles. The van der Waals surface area contributed by atoms with Gasteiger partial charge >= 0.3 is 0 Å². The molecule has 7 heteroatoms. The Balaban J connectivity index is 2.54. The quantitative estimate of drug-likeness (QED) is 0.811. The first-order valence-corrected chi connectivity index (χ1v) is 8.43. The lowest BCUT2D eigenvalue weighted by Crippen LogP contribution is -2.14. The van der Waals surface area contributed by atoms with E-state index in [9.17, 15) is 8.42 Å². The first kappa shape index (κ1) is 14.3. The predicted octanol–water partition coefficient (Wildman–Crippen LogP) is 2.08. The van der Waals surface area contributed by atoms with E-state index in [4.69, 9.17) is 11.6 Å². The normalized spacial score (nSPS) is 13.9. The van der Waals surface area contributed by atoms with Gasteiger partial charge in [0.25, 0.3) is 0 Å². The lowest BCUT2D eigenvalue weighted by atomic mass is 10.3. The minimum Gasteiger partial charge on any atom is -0.310 e. The van der Waals surface area contributed by atoms with Crippen LogP contribution in [-0.4, -0.2) is 35.0 Å². The Morgan fingerprint density at radius 2 is 2.05 bits per heavy atom. The van der Waals surface area contributed by atoms with Crippen molar-refractivity contribution in [3.8, 4) is 0 Å². The molecule has 0 saturated carbocycles. The highest BCUT2D eigenvalue weighted by atomic mass is 35.5. The zero-order chi connectivity index (χ0) is 14.2. The standard InChI is InChI=1S/C12H16ClN3O2S/c1-8-4-5-10-12(14-8)16(6-7-19(3,17)18)11(15-10)9(2)13/h4-5,9H,6-7H2,1-3H3. The summed E-state index contributed by atoms with van der Waals surface area (Å²) in [7, 11) is -3.04. The van der Waals surface area contributed by atoms with Crippen molar-refractivity contribution in [3.05, 3.63) is 23.7 Å². The molecule has 0 spiro atoms. The van der Waals surface area contributed by atoms with Crippen molar-refractivity contribution in [2.75, 3.05) is 12.0 Å². The van der Waals surface area contributed by atoms with Crippen LogP contribution in [0, 0.1) is 6.92 Å². The Morgan fingerprint density at radius 3 is 2.63 bits per heavy atom. The fraction of sp³-hybridized carbons (Fsp3) is 0.500. The molecule has 104 valence electrons. The summed E-state index contributed by atoms with van der Waals surface area (Å²) in [6.45, 7) is 4.02. The molecule has 0 aromatic carbocycles. The van der Waals surface area contributed by atoms with Crippen molar-refractivity contribution < 1.29 is 8.42 Å². The molecule has 2 aromatic heterocycles. The number of alkyl halides is 1. The molecule has 0 aliphatic carbocycles. The summed E-state index contributed by atoms with van der Waals surface area (Å²) < 4.78 is 24.4. The number of hydrogen-bond acceptors (Lipinski definition) is 4. The fourth-order valence-corrected chi connectivity index (χ4v) is 2.58. The zero-order valence-corrected chi connectivity index (χ0v) is 12.7. The summed E-state index contributed by atoms with van der Waals surface area (Å²) >= 11 is 6.11. The number of halogens is 1. The summed E-state index contributed by atoms with van der Waals surface area (Å²) in [5, 5.41) is -0.297. The maximum atomic E-state index is 11.3. The lowest BCUT2D eigenvalue weighted by molar-refractivity contribution is 0.593. The van der Waals surface area contributed by atoms with Gasteiger partial charge in [0, 0.05) is 18.5 Å². The van der Waals surface area contributed by atoms with Gasteiger partial charge in [-0.15, -0.1) is 11.6 Å². The molecule has 2 aromatic rings. The van der Waals surface area contributed by atoms with E-state index in [2.05, 4.69) is 9.97 Å². The third-order valence-corrected chi connectivity index (χ3v) is 3.92. The summed E-state index contributed by atoms with van der Waals surface area (Å²) in [5.41, 5.74) is 2.29.